The second kappa shape index (κ2) is 2.82. The standard InChI is InChI=1S/C9H9BrFN/c10-9-6(11)3-1-5-2-4-7(12)8(5)9/h1,3,7H,2,4,12H2. The number of fused-ring (bicyclic) bond motifs is 1. The van der Waals surface area contributed by atoms with Crippen molar-refractivity contribution in [2.75, 3.05) is 0 Å². The van der Waals surface area contributed by atoms with Crippen molar-refractivity contribution in [1.82, 2.24) is 0 Å². The van der Waals surface area contributed by atoms with Gasteiger partial charge in [-0.1, -0.05) is 6.07 Å². The van der Waals surface area contributed by atoms with Crippen LogP contribution in [0, 0.1) is 5.82 Å². The van der Waals surface area contributed by atoms with Gasteiger partial charge < -0.3 is 5.73 Å². The minimum absolute atomic E-state index is 0.00470. The average Bonchev–Trinajstić information content (AvgIpc) is 2.41. The third kappa shape index (κ3) is 1.08. The lowest BCUT2D eigenvalue weighted by Crippen LogP contribution is -2.06. The maximum absolute atomic E-state index is 13.0. The lowest BCUT2D eigenvalue weighted by atomic mass is 10.1. The fourth-order valence-electron chi connectivity index (χ4n) is 1.68. The Balaban J connectivity index is 2.63. The number of nitrogens with two attached hydrogens (primary N) is 1. The molecule has 2 rings (SSSR count). The second-order valence-electron chi connectivity index (χ2n) is 3.08. The van der Waals surface area contributed by atoms with E-state index in [4.69, 9.17) is 5.73 Å². The van der Waals surface area contributed by atoms with Gasteiger partial charge in [0, 0.05) is 6.04 Å². The van der Waals surface area contributed by atoms with E-state index < -0.39 is 0 Å². The van der Waals surface area contributed by atoms with Crippen LogP contribution in [0.4, 0.5) is 4.39 Å². The van der Waals surface area contributed by atoms with Gasteiger partial charge in [0.25, 0.3) is 0 Å². The zero-order chi connectivity index (χ0) is 8.72. The summed E-state index contributed by atoms with van der Waals surface area (Å²) >= 11 is 3.22. The first-order valence-electron chi connectivity index (χ1n) is 3.92. The van der Waals surface area contributed by atoms with Crippen LogP contribution in [0.1, 0.15) is 23.6 Å². The Labute approximate surface area is 78.9 Å². The molecule has 0 bridgehead atoms. The van der Waals surface area contributed by atoms with E-state index in [1.807, 2.05) is 6.07 Å². The maximum atomic E-state index is 13.0. The molecule has 2 N–H and O–H groups in total. The molecule has 0 aromatic heterocycles. The largest absolute Gasteiger partial charge is 0.324 e. The highest BCUT2D eigenvalue weighted by atomic mass is 79.9. The van der Waals surface area contributed by atoms with Gasteiger partial charge in [0.05, 0.1) is 4.47 Å². The molecule has 1 aliphatic carbocycles. The van der Waals surface area contributed by atoms with Crippen molar-refractivity contribution in [3.63, 3.8) is 0 Å². The fraction of sp³-hybridized carbons (Fsp3) is 0.333. The second-order valence-corrected chi connectivity index (χ2v) is 3.87. The summed E-state index contributed by atoms with van der Waals surface area (Å²) in [5.74, 6) is -0.217. The first kappa shape index (κ1) is 8.20. The molecule has 0 fully saturated rings. The Kier molecular flexibility index (Phi) is 1.93. The first-order chi connectivity index (χ1) is 5.70. The molecule has 0 saturated heterocycles. The molecule has 1 nitrogen and oxygen atoms in total. The van der Waals surface area contributed by atoms with Gasteiger partial charge in [-0.25, -0.2) is 4.39 Å². The number of aryl methyl sites for hydroxylation is 1. The highest BCUT2D eigenvalue weighted by Crippen LogP contribution is 2.36. The van der Waals surface area contributed by atoms with E-state index in [-0.39, 0.29) is 11.9 Å². The molecule has 0 heterocycles. The van der Waals surface area contributed by atoms with Crippen molar-refractivity contribution in [3.05, 3.63) is 33.5 Å². The van der Waals surface area contributed by atoms with Crippen LogP contribution in [-0.4, -0.2) is 0 Å². The molecule has 1 aliphatic rings. The van der Waals surface area contributed by atoms with Gasteiger partial charge >= 0.3 is 0 Å². The van der Waals surface area contributed by atoms with Crippen LogP contribution >= 0.6 is 15.9 Å². The summed E-state index contributed by atoms with van der Waals surface area (Å²) in [6, 6.07) is 3.31. The minimum Gasteiger partial charge on any atom is -0.324 e. The molecule has 0 aliphatic heterocycles. The predicted molar refractivity (Wildman–Crippen MR) is 49.3 cm³/mol. The topological polar surface area (TPSA) is 26.0 Å². The van der Waals surface area contributed by atoms with Crippen LogP contribution in [0.25, 0.3) is 0 Å². The molecule has 0 amide bonds. The molecule has 1 unspecified atom stereocenters. The molecule has 0 saturated carbocycles. The number of halogens is 2. The Morgan fingerprint density at radius 2 is 2.25 bits per heavy atom. The number of benzene rings is 1. The average molecular weight is 230 g/mol. The summed E-state index contributed by atoms with van der Waals surface area (Å²) < 4.78 is 13.6. The lowest BCUT2D eigenvalue weighted by molar-refractivity contribution is 0.614. The zero-order valence-corrected chi connectivity index (χ0v) is 8.07. The minimum atomic E-state index is -0.217. The molecule has 1 aromatic carbocycles. The van der Waals surface area contributed by atoms with Crippen LogP contribution in [0.5, 0.6) is 0 Å². The number of rotatable bonds is 0. The molecule has 1 atom stereocenters. The molecular formula is C9H9BrFN. The van der Waals surface area contributed by atoms with E-state index >= 15 is 0 Å². The van der Waals surface area contributed by atoms with Crippen LogP contribution in [0.3, 0.4) is 0 Å². The van der Waals surface area contributed by atoms with Gasteiger partial charge in [0.1, 0.15) is 5.82 Å². The summed E-state index contributed by atoms with van der Waals surface area (Å²) in [4.78, 5) is 0. The van der Waals surface area contributed by atoms with Gasteiger partial charge in [-0.2, -0.15) is 0 Å². The SMILES string of the molecule is NC1CCc2ccc(F)c(Br)c21. The Hall–Kier alpha value is -0.410. The van der Waals surface area contributed by atoms with E-state index in [1.54, 1.807) is 0 Å². The summed E-state index contributed by atoms with van der Waals surface area (Å²) in [5, 5.41) is 0. The number of hydrogen-bond acceptors (Lipinski definition) is 1. The van der Waals surface area contributed by atoms with E-state index in [0.29, 0.717) is 4.47 Å². The van der Waals surface area contributed by atoms with Crippen molar-refractivity contribution in [2.24, 2.45) is 5.73 Å². The smallest absolute Gasteiger partial charge is 0.137 e. The lowest BCUT2D eigenvalue weighted by Gasteiger charge is -2.07. The molecule has 12 heavy (non-hydrogen) atoms. The molecule has 3 heteroatoms. The zero-order valence-electron chi connectivity index (χ0n) is 6.48. The van der Waals surface area contributed by atoms with E-state index in [0.717, 1.165) is 18.4 Å². The molecule has 0 spiro atoms. The highest BCUT2D eigenvalue weighted by Gasteiger charge is 2.23. The van der Waals surface area contributed by atoms with Gasteiger partial charge in [-0.15, -0.1) is 0 Å². The summed E-state index contributed by atoms with van der Waals surface area (Å²) in [7, 11) is 0. The van der Waals surface area contributed by atoms with Crippen LogP contribution < -0.4 is 5.73 Å². The molecule has 64 valence electrons. The van der Waals surface area contributed by atoms with E-state index in [9.17, 15) is 4.39 Å². The van der Waals surface area contributed by atoms with Gasteiger partial charge in [0.15, 0.2) is 0 Å². The van der Waals surface area contributed by atoms with Crippen LogP contribution in [-0.2, 0) is 6.42 Å². The van der Waals surface area contributed by atoms with Crippen molar-refractivity contribution < 1.29 is 4.39 Å². The summed E-state index contributed by atoms with van der Waals surface area (Å²) in [6.07, 6.45) is 1.90. The van der Waals surface area contributed by atoms with Gasteiger partial charge in [0.2, 0.25) is 0 Å². The summed E-state index contributed by atoms with van der Waals surface area (Å²) in [5.41, 5.74) is 7.95. The van der Waals surface area contributed by atoms with Crippen molar-refractivity contribution >= 4 is 15.9 Å². The van der Waals surface area contributed by atoms with Gasteiger partial charge in [-0.05, 0) is 46.0 Å². The quantitative estimate of drug-likeness (QED) is 0.728. The summed E-state index contributed by atoms with van der Waals surface area (Å²) in [6.45, 7) is 0. The number of hydrogen-bond donors (Lipinski definition) is 1. The van der Waals surface area contributed by atoms with Crippen LogP contribution in [0.2, 0.25) is 0 Å². The third-order valence-corrected chi connectivity index (χ3v) is 3.12. The Morgan fingerprint density at radius 3 is 3.00 bits per heavy atom. The normalized spacial score (nSPS) is 21.1. The van der Waals surface area contributed by atoms with E-state index in [1.165, 1.54) is 11.6 Å². The van der Waals surface area contributed by atoms with Crippen molar-refractivity contribution in [1.29, 1.82) is 0 Å². The predicted octanol–water partition coefficient (Wildman–Crippen LogP) is 2.53. The Morgan fingerprint density at radius 1 is 1.50 bits per heavy atom. The van der Waals surface area contributed by atoms with Crippen LogP contribution in [0.15, 0.2) is 16.6 Å². The molecule has 1 aromatic rings. The van der Waals surface area contributed by atoms with Crippen molar-refractivity contribution in [3.8, 4) is 0 Å². The highest BCUT2D eigenvalue weighted by molar-refractivity contribution is 9.10. The fourth-order valence-corrected chi connectivity index (χ4v) is 2.36. The Bertz CT molecular complexity index is 325. The molecular weight excluding hydrogens is 221 g/mol. The first-order valence-corrected chi connectivity index (χ1v) is 4.72. The monoisotopic (exact) mass is 229 g/mol. The maximum Gasteiger partial charge on any atom is 0.137 e. The third-order valence-electron chi connectivity index (χ3n) is 2.32. The molecule has 0 radical (unpaired) electrons. The van der Waals surface area contributed by atoms with E-state index in [2.05, 4.69) is 15.9 Å². The van der Waals surface area contributed by atoms with Gasteiger partial charge in [-0.3, -0.25) is 0 Å². The van der Waals surface area contributed by atoms with Crippen molar-refractivity contribution in [2.45, 2.75) is 18.9 Å².